The van der Waals surface area contributed by atoms with Gasteiger partial charge in [-0.2, -0.15) is 0 Å². The van der Waals surface area contributed by atoms with E-state index in [1.54, 1.807) is 18.2 Å². The highest BCUT2D eigenvalue weighted by Crippen LogP contribution is 2.23. The average Bonchev–Trinajstić information content (AvgIpc) is 2.31. The number of carboxylic acids is 1. The summed E-state index contributed by atoms with van der Waals surface area (Å²) in [5, 5.41) is 14.3. The molecular weight excluding hydrogens is 272 g/mol. The summed E-state index contributed by atoms with van der Waals surface area (Å²) in [5.41, 5.74) is 0.859. The van der Waals surface area contributed by atoms with Crippen molar-refractivity contribution < 1.29 is 19.5 Å². The van der Waals surface area contributed by atoms with Crippen molar-refractivity contribution in [3.8, 4) is 0 Å². The maximum absolute atomic E-state index is 11.9. The molecule has 0 saturated heterocycles. The van der Waals surface area contributed by atoms with Crippen molar-refractivity contribution in [2.45, 2.75) is 34.1 Å². The lowest BCUT2D eigenvalue weighted by atomic mass is 9.89. The van der Waals surface area contributed by atoms with Crippen LogP contribution in [0.1, 0.15) is 32.8 Å². The smallest absolute Gasteiger partial charge is 0.309 e. The van der Waals surface area contributed by atoms with Gasteiger partial charge in [-0.05, 0) is 38.5 Å². The number of carbonyl (C=O) groups is 3. The monoisotopic (exact) mass is 292 g/mol. The molecule has 0 heterocycles. The lowest BCUT2D eigenvalue weighted by Gasteiger charge is -2.18. The molecule has 0 fully saturated rings. The van der Waals surface area contributed by atoms with E-state index in [9.17, 15) is 14.4 Å². The Balaban J connectivity index is 2.81. The van der Waals surface area contributed by atoms with Crippen LogP contribution in [0.3, 0.4) is 0 Å². The Morgan fingerprint density at radius 2 is 1.81 bits per heavy atom. The molecule has 0 spiro atoms. The summed E-state index contributed by atoms with van der Waals surface area (Å²) < 4.78 is 0. The number of amides is 2. The van der Waals surface area contributed by atoms with Crippen molar-refractivity contribution >= 4 is 29.2 Å². The highest BCUT2D eigenvalue weighted by atomic mass is 16.4. The zero-order valence-electron chi connectivity index (χ0n) is 12.6. The second-order valence-corrected chi connectivity index (χ2v) is 5.62. The fraction of sp³-hybridized carbons (Fsp3) is 0.400. The number of aryl methyl sites for hydroxylation is 1. The third-order valence-electron chi connectivity index (χ3n) is 3.01. The van der Waals surface area contributed by atoms with E-state index in [0.29, 0.717) is 11.4 Å². The first-order valence-corrected chi connectivity index (χ1v) is 6.53. The fourth-order valence-corrected chi connectivity index (χ4v) is 1.71. The molecule has 6 heteroatoms. The summed E-state index contributed by atoms with van der Waals surface area (Å²) in [6.07, 6.45) is -0.133. The standard InChI is InChI=1S/C15H20N2O4/c1-9-5-6-11(7-12(9)16-10(2)18)17-13(19)8-15(3,4)14(20)21/h5-7H,8H2,1-4H3,(H,16,18)(H,17,19)(H,20,21). The predicted molar refractivity (Wildman–Crippen MR) is 80.1 cm³/mol. The van der Waals surface area contributed by atoms with Crippen molar-refractivity contribution in [3.63, 3.8) is 0 Å². The predicted octanol–water partition coefficient (Wildman–Crippen LogP) is 2.39. The molecule has 0 aliphatic heterocycles. The number of aliphatic carboxylic acids is 1. The first-order valence-electron chi connectivity index (χ1n) is 6.53. The summed E-state index contributed by atoms with van der Waals surface area (Å²) >= 11 is 0. The molecule has 0 bridgehead atoms. The topological polar surface area (TPSA) is 95.5 Å². The van der Waals surface area contributed by atoms with Gasteiger partial charge < -0.3 is 15.7 Å². The average molecular weight is 292 g/mol. The zero-order valence-corrected chi connectivity index (χ0v) is 12.6. The summed E-state index contributed by atoms with van der Waals surface area (Å²) in [5.74, 6) is -1.62. The molecule has 114 valence electrons. The molecule has 21 heavy (non-hydrogen) atoms. The number of anilines is 2. The molecular formula is C15H20N2O4. The van der Waals surface area contributed by atoms with Gasteiger partial charge in [0.1, 0.15) is 0 Å². The Hall–Kier alpha value is -2.37. The molecule has 0 atom stereocenters. The van der Waals surface area contributed by atoms with Gasteiger partial charge in [-0.15, -0.1) is 0 Å². The number of benzene rings is 1. The van der Waals surface area contributed by atoms with Crippen molar-refractivity contribution in [1.29, 1.82) is 0 Å². The van der Waals surface area contributed by atoms with Gasteiger partial charge in [0.2, 0.25) is 11.8 Å². The second kappa shape index (κ2) is 6.39. The van der Waals surface area contributed by atoms with Crippen LogP contribution >= 0.6 is 0 Å². The number of carboxylic acid groups (broad SMARTS) is 1. The molecule has 0 radical (unpaired) electrons. The van der Waals surface area contributed by atoms with Crippen molar-refractivity contribution in [3.05, 3.63) is 23.8 Å². The van der Waals surface area contributed by atoms with Gasteiger partial charge in [-0.3, -0.25) is 14.4 Å². The van der Waals surface area contributed by atoms with E-state index >= 15 is 0 Å². The van der Waals surface area contributed by atoms with Crippen molar-refractivity contribution in [1.82, 2.24) is 0 Å². The van der Waals surface area contributed by atoms with Crippen LogP contribution in [-0.4, -0.2) is 22.9 Å². The Morgan fingerprint density at radius 3 is 2.33 bits per heavy atom. The normalized spacial score (nSPS) is 10.9. The summed E-state index contributed by atoms with van der Waals surface area (Å²) in [4.78, 5) is 34.0. The molecule has 0 aliphatic rings. The van der Waals surface area contributed by atoms with E-state index in [4.69, 9.17) is 5.11 Å². The van der Waals surface area contributed by atoms with Crippen LogP contribution in [0.2, 0.25) is 0 Å². The van der Waals surface area contributed by atoms with Gasteiger partial charge in [0.25, 0.3) is 0 Å². The summed E-state index contributed by atoms with van der Waals surface area (Å²) in [6.45, 7) is 6.23. The Morgan fingerprint density at radius 1 is 1.19 bits per heavy atom. The third-order valence-corrected chi connectivity index (χ3v) is 3.01. The second-order valence-electron chi connectivity index (χ2n) is 5.62. The first-order chi connectivity index (χ1) is 9.61. The van der Waals surface area contributed by atoms with E-state index in [0.717, 1.165) is 5.56 Å². The van der Waals surface area contributed by atoms with Gasteiger partial charge in [0.15, 0.2) is 0 Å². The van der Waals surface area contributed by atoms with Crippen LogP contribution in [-0.2, 0) is 14.4 Å². The van der Waals surface area contributed by atoms with Crippen LogP contribution < -0.4 is 10.6 Å². The van der Waals surface area contributed by atoms with Gasteiger partial charge in [-0.1, -0.05) is 6.07 Å². The number of hydrogen-bond acceptors (Lipinski definition) is 3. The number of carbonyl (C=O) groups excluding carboxylic acids is 2. The highest BCUT2D eigenvalue weighted by Gasteiger charge is 2.30. The van der Waals surface area contributed by atoms with E-state index in [1.165, 1.54) is 20.8 Å². The van der Waals surface area contributed by atoms with Gasteiger partial charge in [0.05, 0.1) is 5.41 Å². The van der Waals surface area contributed by atoms with Gasteiger partial charge >= 0.3 is 5.97 Å². The van der Waals surface area contributed by atoms with Crippen LogP contribution in [0.25, 0.3) is 0 Å². The molecule has 0 aliphatic carbocycles. The van der Waals surface area contributed by atoms with E-state index in [1.807, 2.05) is 6.92 Å². The third kappa shape index (κ3) is 4.91. The number of rotatable bonds is 5. The summed E-state index contributed by atoms with van der Waals surface area (Å²) in [6, 6.07) is 5.11. The SMILES string of the molecule is CC(=O)Nc1cc(NC(=O)CC(C)(C)C(=O)O)ccc1C. The molecule has 2 amide bonds. The van der Waals surface area contributed by atoms with E-state index < -0.39 is 11.4 Å². The molecule has 1 rings (SSSR count). The minimum absolute atomic E-state index is 0.133. The first kappa shape index (κ1) is 16.7. The molecule has 1 aromatic rings. The Kier molecular flexibility index (Phi) is 5.07. The lowest BCUT2D eigenvalue weighted by Crippen LogP contribution is -2.29. The summed E-state index contributed by atoms with van der Waals surface area (Å²) in [7, 11) is 0. The minimum atomic E-state index is -1.13. The van der Waals surface area contributed by atoms with E-state index in [-0.39, 0.29) is 18.2 Å². The maximum Gasteiger partial charge on any atom is 0.309 e. The quantitative estimate of drug-likeness (QED) is 0.776. The van der Waals surface area contributed by atoms with Crippen LogP contribution in [0, 0.1) is 12.3 Å². The minimum Gasteiger partial charge on any atom is -0.481 e. The van der Waals surface area contributed by atoms with E-state index in [2.05, 4.69) is 10.6 Å². The molecule has 6 nitrogen and oxygen atoms in total. The fourth-order valence-electron chi connectivity index (χ4n) is 1.71. The molecule has 3 N–H and O–H groups in total. The number of nitrogens with one attached hydrogen (secondary N) is 2. The molecule has 0 unspecified atom stereocenters. The van der Waals surface area contributed by atoms with Crippen molar-refractivity contribution in [2.75, 3.05) is 10.6 Å². The Labute approximate surface area is 123 Å². The molecule has 0 saturated carbocycles. The van der Waals surface area contributed by atoms with Crippen LogP contribution in [0.5, 0.6) is 0 Å². The van der Waals surface area contributed by atoms with Gasteiger partial charge in [0, 0.05) is 24.7 Å². The molecule has 1 aromatic carbocycles. The lowest BCUT2D eigenvalue weighted by molar-refractivity contribution is -0.149. The zero-order chi connectivity index (χ0) is 16.2. The maximum atomic E-state index is 11.9. The number of hydrogen-bond donors (Lipinski definition) is 3. The largest absolute Gasteiger partial charge is 0.481 e. The Bertz CT molecular complexity index is 579. The van der Waals surface area contributed by atoms with Crippen LogP contribution in [0.15, 0.2) is 18.2 Å². The van der Waals surface area contributed by atoms with Crippen molar-refractivity contribution in [2.24, 2.45) is 5.41 Å². The van der Waals surface area contributed by atoms with Crippen LogP contribution in [0.4, 0.5) is 11.4 Å². The molecule has 0 aromatic heterocycles. The highest BCUT2D eigenvalue weighted by molar-refractivity contribution is 5.95. The van der Waals surface area contributed by atoms with Gasteiger partial charge in [-0.25, -0.2) is 0 Å².